The van der Waals surface area contributed by atoms with E-state index >= 15 is 0 Å². The van der Waals surface area contributed by atoms with Crippen molar-refractivity contribution in [2.75, 3.05) is 11.4 Å². The van der Waals surface area contributed by atoms with E-state index in [4.69, 9.17) is 23.1 Å². The van der Waals surface area contributed by atoms with E-state index in [1.807, 2.05) is 0 Å². The Morgan fingerprint density at radius 2 is 2.05 bits per heavy atom. The van der Waals surface area contributed by atoms with Crippen LogP contribution in [0.5, 0.6) is 0 Å². The summed E-state index contributed by atoms with van der Waals surface area (Å²) < 4.78 is 13.8. The number of fused-ring (bicyclic) bond motifs is 1. The third-order valence-electron chi connectivity index (χ3n) is 2.76. The predicted molar refractivity (Wildman–Crippen MR) is 65.3 cm³/mol. The Morgan fingerprint density at radius 1 is 1.42 bits per heavy atom. The summed E-state index contributed by atoms with van der Waals surface area (Å²) in [5.74, 6) is -3.58. The lowest BCUT2D eigenvalue weighted by molar-refractivity contribution is -0.119. The quantitative estimate of drug-likeness (QED) is 0.751. The van der Waals surface area contributed by atoms with E-state index in [0.29, 0.717) is 0 Å². The molecule has 1 atom stereocenters. The number of ketones is 1. The van der Waals surface area contributed by atoms with Gasteiger partial charge in [0.25, 0.3) is 11.7 Å². The topological polar surface area (TPSA) is 106 Å². The van der Waals surface area contributed by atoms with Gasteiger partial charge in [0, 0.05) is 0 Å². The number of carbonyl (C=O) groups excluding carboxylic acids is 3. The maximum atomic E-state index is 13.8. The number of Topliss-reactive ketones (excluding diaryl/α,β-unsaturated/α-hetero) is 1. The highest BCUT2D eigenvalue weighted by molar-refractivity contribution is 6.55. The summed E-state index contributed by atoms with van der Waals surface area (Å²) in [5, 5.41) is -0.0371. The highest BCUT2D eigenvalue weighted by atomic mass is 35.5. The first-order valence-corrected chi connectivity index (χ1v) is 5.61. The number of halogens is 2. The van der Waals surface area contributed by atoms with E-state index in [0.717, 1.165) is 11.0 Å². The Labute approximate surface area is 112 Å². The number of nitrogens with two attached hydrogens (primary N) is 2. The summed E-state index contributed by atoms with van der Waals surface area (Å²) in [6, 6.07) is 0.995. The number of hydrogen-bond acceptors (Lipinski definition) is 4. The number of hydrogen-bond donors (Lipinski definition) is 2. The first kappa shape index (κ1) is 13.4. The molecule has 100 valence electrons. The van der Waals surface area contributed by atoms with Crippen LogP contribution in [0.1, 0.15) is 10.4 Å². The Morgan fingerprint density at radius 3 is 2.63 bits per heavy atom. The van der Waals surface area contributed by atoms with Gasteiger partial charge in [-0.15, -0.1) is 0 Å². The Kier molecular flexibility index (Phi) is 3.25. The summed E-state index contributed by atoms with van der Waals surface area (Å²) >= 11 is 5.78. The molecule has 0 bridgehead atoms. The first-order valence-electron chi connectivity index (χ1n) is 5.23. The zero-order valence-corrected chi connectivity index (χ0v) is 10.3. The van der Waals surface area contributed by atoms with Crippen LogP contribution in [0, 0.1) is 5.82 Å². The van der Waals surface area contributed by atoms with Gasteiger partial charge < -0.3 is 11.5 Å². The van der Waals surface area contributed by atoms with Crippen molar-refractivity contribution in [3.8, 4) is 0 Å². The molecule has 2 amide bonds. The molecule has 6 nitrogen and oxygen atoms in total. The first-order chi connectivity index (χ1) is 8.84. The third-order valence-corrected chi connectivity index (χ3v) is 3.07. The van der Waals surface area contributed by atoms with Crippen LogP contribution >= 0.6 is 11.6 Å². The minimum absolute atomic E-state index is 0.0371. The number of anilines is 1. The van der Waals surface area contributed by atoms with E-state index in [1.54, 1.807) is 0 Å². The molecule has 19 heavy (non-hydrogen) atoms. The average molecular weight is 286 g/mol. The van der Waals surface area contributed by atoms with Gasteiger partial charge in [0.15, 0.2) is 0 Å². The van der Waals surface area contributed by atoms with Gasteiger partial charge in [-0.25, -0.2) is 4.39 Å². The number of carbonyl (C=O) groups is 3. The molecule has 1 heterocycles. The summed E-state index contributed by atoms with van der Waals surface area (Å²) in [7, 11) is 0. The second-order valence-electron chi connectivity index (χ2n) is 4.01. The lowest BCUT2D eigenvalue weighted by Gasteiger charge is -2.19. The summed E-state index contributed by atoms with van der Waals surface area (Å²) in [4.78, 5) is 35.2. The van der Waals surface area contributed by atoms with Crippen LogP contribution in [0.25, 0.3) is 0 Å². The standard InChI is InChI=1S/C11H9ClFN3O3/c12-4-1-2-5(13)8-7(4)9(17)11(19)16(8)3-6(14)10(15)18/h1-2,6H,3,14H2,(H2,15,18). The molecule has 1 aliphatic rings. The second-order valence-corrected chi connectivity index (χ2v) is 4.41. The normalized spacial score (nSPS) is 15.6. The van der Waals surface area contributed by atoms with Crippen molar-refractivity contribution in [3.05, 3.63) is 28.5 Å². The van der Waals surface area contributed by atoms with Crippen LogP contribution in [0.2, 0.25) is 5.02 Å². The molecule has 2 rings (SSSR count). The molecule has 8 heteroatoms. The fourth-order valence-electron chi connectivity index (χ4n) is 1.81. The number of primary amides is 1. The molecule has 0 saturated carbocycles. The van der Waals surface area contributed by atoms with E-state index in [9.17, 15) is 18.8 Å². The van der Waals surface area contributed by atoms with Crippen LogP contribution in [-0.2, 0) is 9.59 Å². The van der Waals surface area contributed by atoms with Gasteiger partial charge in [-0.05, 0) is 12.1 Å². The molecule has 0 fully saturated rings. The monoisotopic (exact) mass is 285 g/mol. The van der Waals surface area contributed by atoms with Crippen molar-refractivity contribution < 1.29 is 18.8 Å². The van der Waals surface area contributed by atoms with Crippen molar-refractivity contribution in [1.82, 2.24) is 0 Å². The highest BCUT2D eigenvalue weighted by Crippen LogP contribution is 2.36. The highest BCUT2D eigenvalue weighted by Gasteiger charge is 2.40. The van der Waals surface area contributed by atoms with E-state index in [-0.39, 0.29) is 22.8 Å². The van der Waals surface area contributed by atoms with Gasteiger partial charge in [-0.3, -0.25) is 19.3 Å². The second kappa shape index (κ2) is 4.60. The van der Waals surface area contributed by atoms with Gasteiger partial charge in [0.1, 0.15) is 11.9 Å². The minimum atomic E-state index is -1.21. The fourth-order valence-corrected chi connectivity index (χ4v) is 2.05. The number of rotatable bonds is 3. The molecule has 0 radical (unpaired) electrons. The predicted octanol–water partition coefficient (Wildman–Crippen LogP) is -0.179. The Balaban J connectivity index is 2.50. The molecular weight excluding hydrogens is 277 g/mol. The van der Waals surface area contributed by atoms with E-state index in [1.165, 1.54) is 6.07 Å². The molecule has 4 N–H and O–H groups in total. The Hall–Kier alpha value is -1.99. The largest absolute Gasteiger partial charge is 0.368 e. The number of amides is 2. The van der Waals surface area contributed by atoms with Crippen molar-refractivity contribution in [1.29, 1.82) is 0 Å². The number of nitrogens with zero attached hydrogens (tertiary/aromatic N) is 1. The third kappa shape index (κ3) is 2.06. The van der Waals surface area contributed by atoms with Crippen LogP contribution in [0.4, 0.5) is 10.1 Å². The van der Waals surface area contributed by atoms with Gasteiger partial charge in [-0.1, -0.05) is 11.6 Å². The molecule has 1 aliphatic heterocycles. The van der Waals surface area contributed by atoms with Gasteiger partial charge in [0.05, 0.1) is 22.8 Å². The SMILES string of the molecule is NC(=O)C(N)CN1C(=O)C(=O)c2c(Cl)ccc(F)c21. The van der Waals surface area contributed by atoms with Crippen molar-refractivity contribution in [3.63, 3.8) is 0 Å². The minimum Gasteiger partial charge on any atom is -0.368 e. The molecule has 0 aromatic heterocycles. The van der Waals surface area contributed by atoms with Crippen molar-refractivity contribution in [2.24, 2.45) is 11.5 Å². The molecule has 1 aromatic rings. The molecule has 1 unspecified atom stereocenters. The zero-order valence-electron chi connectivity index (χ0n) is 9.52. The smallest absolute Gasteiger partial charge is 0.299 e. The van der Waals surface area contributed by atoms with Crippen LogP contribution in [0.15, 0.2) is 12.1 Å². The zero-order chi connectivity index (χ0) is 14.3. The molecule has 0 saturated heterocycles. The van der Waals surface area contributed by atoms with E-state index in [2.05, 4.69) is 0 Å². The Bertz CT molecular complexity index is 605. The summed E-state index contributed by atoms with van der Waals surface area (Å²) in [6.45, 7) is -0.385. The van der Waals surface area contributed by atoms with Gasteiger partial charge in [-0.2, -0.15) is 0 Å². The van der Waals surface area contributed by atoms with E-state index < -0.39 is 29.5 Å². The summed E-state index contributed by atoms with van der Waals surface area (Å²) in [5.41, 5.74) is 9.91. The summed E-state index contributed by atoms with van der Waals surface area (Å²) in [6.07, 6.45) is 0. The van der Waals surface area contributed by atoms with Gasteiger partial charge in [0.2, 0.25) is 5.91 Å². The number of benzene rings is 1. The van der Waals surface area contributed by atoms with Crippen molar-refractivity contribution in [2.45, 2.75) is 6.04 Å². The van der Waals surface area contributed by atoms with Crippen LogP contribution in [-0.4, -0.2) is 30.2 Å². The average Bonchev–Trinajstić information content (AvgIpc) is 2.60. The van der Waals surface area contributed by atoms with Crippen LogP contribution < -0.4 is 16.4 Å². The fraction of sp³-hybridized carbons (Fsp3) is 0.182. The molecule has 0 aliphatic carbocycles. The lowest BCUT2D eigenvalue weighted by Crippen LogP contribution is -2.47. The van der Waals surface area contributed by atoms with Gasteiger partial charge >= 0.3 is 0 Å². The lowest BCUT2D eigenvalue weighted by atomic mass is 10.1. The van der Waals surface area contributed by atoms with Crippen molar-refractivity contribution >= 4 is 34.9 Å². The molecule has 1 aromatic carbocycles. The molecule has 0 spiro atoms. The van der Waals surface area contributed by atoms with Crippen LogP contribution in [0.3, 0.4) is 0 Å². The molecular formula is C11H9ClFN3O3. The maximum Gasteiger partial charge on any atom is 0.299 e. The maximum absolute atomic E-state index is 13.8.